The Labute approximate surface area is 112 Å². The van der Waals surface area contributed by atoms with Crippen LogP contribution in [0.2, 0.25) is 0 Å². The van der Waals surface area contributed by atoms with Crippen molar-refractivity contribution >= 4 is 11.0 Å². The van der Waals surface area contributed by atoms with Gasteiger partial charge in [-0.25, -0.2) is 4.79 Å². The zero-order valence-corrected chi connectivity index (χ0v) is 11.4. The van der Waals surface area contributed by atoms with Crippen LogP contribution in [0, 0.1) is 0 Å². The van der Waals surface area contributed by atoms with Gasteiger partial charge in [-0.15, -0.1) is 0 Å². The van der Waals surface area contributed by atoms with Crippen LogP contribution in [0.3, 0.4) is 0 Å². The first-order valence-electron chi connectivity index (χ1n) is 7.10. The van der Waals surface area contributed by atoms with Gasteiger partial charge < -0.3 is 15.1 Å². The lowest BCUT2D eigenvalue weighted by Gasteiger charge is -2.10. The van der Waals surface area contributed by atoms with E-state index in [-0.39, 0.29) is 5.69 Å². The molecule has 4 heteroatoms. The second-order valence-corrected chi connectivity index (χ2v) is 5.10. The molecule has 19 heavy (non-hydrogen) atoms. The van der Waals surface area contributed by atoms with Gasteiger partial charge in [-0.3, -0.25) is 0 Å². The van der Waals surface area contributed by atoms with E-state index in [1.807, 2.05) is 18.2 Å². The highest BCUT2D eigenvalue weighted by atomic mass is 16.3. The fourth-order valence-electron chi connectivity index (χ4n) is 2.37. The zero-order chi connectivity index (χ0) is 13.7. The number of aliphatic hydroxyl groups excluding tert-OH is 1. The van der Waals surface area contributed by atoms with Crippen molar-refractivity contribution in [3.05, 3.63) is 34.2 Å². The second kappa shape index (κ2) is 6.57. The maximum Gasteiger partial charge on any atom is 0.323 e. The van der Waals surface area contributed by atoms with Crippen molar-refractivity contribution in [1.82, 2.24) is 9.97 Å². The summed E-state index contributed by atoms with van der Waals surface area (Å²) in [5.41, 5.74) is 2.20. The topological polar surface area (TPSA) is 68.9 Å². The zero-order valence-electron chi connectivity index (χ0n) is 11.4. The molecule has 1 aromatic carbocycles. The average Bonchev–Trinajstić information content (AvgIpc) is 2.77. The molecule has 2 aromatic rings. The van der Waals surface area contributed by atoms with E-state index >= 15 is 0 Å². The van der Waals surface area contributed by atoms with Gasteiger partial charge in [0.25, 0.3) is 0 Å². The Morgan fingerprint density at radius 2 is 1.84 bits per heavy atom. The molecule has 0 amide bonds. The molecule has 0 saturated carbocycles. The Balaban J connectivity index is 1.93. The van der Waals surface area contributed by atoms with Crippen molar-refractivity contribution < 1.29 is 5.11 Å². The van der Waals surface area contributed by atoms with Gasteiger partial charge >= 0.3 is 5.69 Å². The molecule has 0 fully saturated rings. The molecule has 1 atom stereocenters. The Morgan fingerprint density at radius 1 is 1.11 bits per heavy atom. The molecule has 2 rings (SSSR count). The van der Waals surface area contributed by atoms with E-state index in [1.54, 1.807) is 0 Å². The Morgan fingerprint density at radius 3 is 2.63 bits per heavy atom. The number of imidazole rings is 1. The number of aromatic nitrogens is 2. The number of H-pyrrole nitrogens is 2. The van der Waals surface area contributed by atoms with E-state index < -0.39 is 6.10 Å². The summed E-state index contributed by atoms with van der Waals surface area (Å²) in [5.74, 6) is 0. The fraction of sp³-hybridized carbons (Fsp3) is 0.533. The maximum atomic E-state index is 11.2. The molecule has 0 aliphatic rings. The molecular weight excluding hydrogens is 240 g/mol. The van der Waals surface area contributed by atoms with Gasteiger partial charge in [-0.05, 0) is 24.1 Å². The summed E-state index contributed by atoms with van der Waals surface area (Å²) in [7, 11) is 0. The largest absolute Gasteiger partial charge is 0.388 e. The van der Waals surface area contributed by atoms with Crippen LogP contribution in [-0.4, -0.2) is 15.1 Å². The molecule has 104 valence electrons. The Hall–Kier alpha value is -1.55. The van der Waals surface area contributed by atoms with E-state index in [0.29, 0.717) is 0 Å². The summed E-state index contributed by atoms with van der Waals surface area (Å²) in [4.78, 5) is 16.6. The van der Waals surface area contributed by atoms with Gasteiger partial charge in [0, 0.05) is 0 Å². The van der Waals surface area contributed by atoms with Gasteiger partial charge in [0.15, 0.2) is 0 Å². The van der Waals surface area contributed by atoms with Gasteiger partial charge in [0.2, 0.25) is 0 Å². The van der Waals surface area contributed by atoms with Gasteiger partial charge in [-0.1, -0.05) is 45.1 Å². The minimum absolute atomic E-state index is 0.207. The van der Waals surface area contributed by atoms with Crippen LogP contribution >= 0.6 is 0 Å². The van der Waals surface area contributed by atoms with E-state index in [2.05, 4.69) is 16.9 Å². The van der Waals surface area contributed by atoms with Crippen molar-refractivity contribution in [1.29, 1.82) is 0 Å². The smallest absolute Gasteiger partial charge is 0.323 e. The summed E-state index contributed by atoms with van der Waals surface area (Å²) in [5, 5.41) is 10.1. The van der Waals surface area contributed by atoms with Crippen molar-refractivity contribution in [3.63, 3.8) is 0 Å². The predicted molar refractivity (Wildman–Crippen MR) is 77.3 cm³/mol. The minimum Gasteiger partial charge on any atom is -0.388 e. The highest BCUT2D eigenvalue weighted by Gasteiger charge is 2.08. The van der Waals surface area contributed by atoms with Crippen LogP contribution < -0.4 is 5.69 Å². The lowest BCUT2D eigenvalue weighted by atomic mass is 10.0. The second-order valence-electron chi connectivity index (χ2n) is 5.10. The highest BCUT2D eigenvalue weighted by Crippen LogP contribution is 2.22. The maximum absolute atomic E-state index is 11.2. The van der Waals surface area contributed by atoms with E-state index in [9.17, 15) is 9.90 Å². The molecule has 0 bridgehead atoms. The van der Waals surface area contributed by atoms with Crippen molar-refractivity contribution in [2.24, 2.45) is 0 Å². The van der Waals surface area contributed by atoms with Gasteiger partial charge in [0.1, 0.15) is 0 Å². The molecule has 1 unspecified atom stereocenters. The fourth-order valence-corrected chi connectivity index (χ4v) is 2.37. The predicted octanol–water partition coefficient (Wildman–Crippen LogP) is 3.25. The Kier molecular flexibility index (Phi) is 4.80. The SMILES string of the molecule is CCCCCCCC(O)c1ccc2[nH]c(=O)[nH]c2c1. The summed E-state index contributed by atoms with van der Waals surface area (Å²) < 4.78 is 0. The summed E-state index contributed by atoms with van der Waals surface area (Å²) in [6.07, 6.45) is 6.31. The molecule has 1 heterocycles. The summed E-state index contributed by atoms with van der Waals surface area (Å²) >= 11 is 0. The first-order chi connectivity index (χ1) is 9.20. The van der Waals surface area contributed by atoms with Crippen LogP contribution in [0.5, 0.6) is 0 Å². The summed E-state index contributed by atoms with van der Waals surface area (Å²) in [6, 6.07) is 5.57. The van der Waals surface area contributed by atoms with E-state index in [1.165, 1.54) is 25.7 Å². The first-order valence-corrected chi connectivity index (χ1v) is 7.10. The van der Waals surface area contributed by atoms with Crippen LogP contribution in [0.15, 0.2) is 23.0 Å². The average molecular weight is 262 g/mol. The van der Waals surface area contributed by atoms with Crippen LogP contribution in [0.25, 0.3) is 11.0 Å². The third-order valence-corrected chi connectivity index (χ3v) is 3.51. The molecule has 0 saturated heterocycles. The van der Waals surface area contributed by atoms with Crippen LogP contribution in [-0.2, 0) is 0 Å². The molecular formula is C15H22N2O2. The number of aromatic amines is 2. The number of nitrogens with one attached hydrogen (secondary N) is 2. The number of benzene rings is 1. The third-order valence-electron chi connectivity index (χ3n) is 3.51. The van der Waals surface area contributed by atoms with E-state index in [4.69, 9.17) is 0 Å². The van der Waals surface area contributed by atoms with Crippen LogP contribution in [0.1, 0.15) is 57.1 Å². The Bertz CT molecular complexity index is 571. The van der Waals surface area contributed by atoms with Crippen molar-refractivity contribution in [2.45, 2.75) is 51.6 Å². The van der Waals surface area contributed by atoms with Gasteiger partial charge in [-0.2, -0.15) is 0 Å². The number of rotatable bonds is 7. The molecule has 0 aliphatic heterocycles. The standard InChI is InChI=1S/C15H22N2O2/c1-2-3-4-5-6-7-14(18)11-8-9-12-13(10-11)17-15(19)16-12/h8-10,14,18H,2-7H2,1H3,(H2,16,17,19). The molecule has 0 radical (unpaired) electrons. The van der Waals surface area contributed by atoms with Crippen molar-refractivity contribution in [3.8, 4) is 0 Å². The monoisotopic (exact) mass is 262 g/mol. The normalized spacial score (nSPS) is 12.9. The quantitative estimate of drug-likeness (QED) is 0.670. The third kappa shape index (κ3) is 3.70. The number of hydrogen-bond donors (Lipinski definition) is 3. The molecule has 0 spiro atoms. The number of fused-ring (bicyclic) bond motifs is 1. The number of hydrogen-bond acceptors (Lipinski definition) is 2. The number of aliphatic hydroxyl groups is 1. The lowest BCUT2D eigenvalue weighted by Crippen LogP contribution is -1.99. The lowest BCUT2D eigenvalue weighted by molar-refractivity contribution is 0.163. The first kappa shape index (κ1) is 13.9. The van der Waals surface area contributed by atoms with Crippen molar-refractivity contribution in [2.75, 3.05) is 0 Å². The molecule has 0 aliphatic carbocycles. The molecule has 1 aromatic heterocycles. The molecule has 4 nitrogen and oxygen atoms in total. The van der Waals surface area contributed by atoms with Crippen LogP contribution in [0.4, 0.5) is 0 Å². The van der Waals surface area contributed by atoms with E-state index in [0.717, 1.165) is 29.4 Å². The summed E-state index contributed by atoms with van der Waals surface area (Å²) in [6.45, 7) is 2.20. The highest BCUT2D eigenvalue weighted by molar-refractivity contribution is 5.75. The minimum atomic E-state index is -0.440. The molecule has 3 N–H and O–H groups in total. The number of unbranched alkanes of at least 4 members (excludes halogenated alkanes) is 4. The van der Waals surface area contributed by atoms with Gasteiger partial charge in [0.05, 0.1) is 17.1 Å².